The number of amides is 1. The van der Waals surface area contributed by atoms with Crippen molar-refractivity contribution in [2.75, 3.05) is 6.61 Å². The van der Waals surface area contributed by atoms with Gasteiger partial charge in [-0.15, -0.1) is 6.58 Å². The van der Waals surface area contributed by atoms with Crippen LogP contribution in [0.3, 0.4) is 0 Å². The van der Waals surface area contributed by atoms with Crippen LogP contribution in [0.1, 0.15) is 50.8 Å². The first-order chi connectivity index (χ1) is 14.9. The van der Waals surface area contributed by atoms with Gasteiger partial charge in [-0.3, -0.25) is 4.90 Å². The van der Waals surface area contributed by atoms with Crippen LogP contribution in [0.5, 0.6) is 0 Å². The Morgan fingerprint density at radius 3 is 2.42 bits per heavy atom. The highest BCUT2D eigenvalue weighted by molar-refractivity contribution is 5.69. The summed E-state index contributed by atoms with van der Waals surface area (Å²) >= 11 is 0. The number of hydrogen-bond donors (Lipinski definition) is 0. The van der Waals surface area contributed by atoms with E-state index in [1.54, 1.807) is 4.90 Å². The Kier molecular flexibility index (Phi) is 7.88. The van der Waals surface area contributed by atoms with E-state index >= 15 is 0 Å². The molecule has 3 atom stereocenters. The van der Waals surface area contributed by atoms with Gasteiger partial charge in [-0.2, -0.15) is 0 Å². The fourth-order valence-electron chi connectivity index (χ4n) is 3.66. The lowest BCUT2D eigenvalue weighted by atomic mass is 10.1. The van der Waals surface area contributed by atoms with Crippen LogP contribution in [0.25, 0.3) is 0 Å². The lowest BCUT2D eigenvalue weighted by Crippen LogP contribution is -2.47. The molecule has 0 aliphatic carbocycles. The standard InChI is InChI=1S/C26H33NO4/c1-5-6-17-23(29-18-20-13-9-7-10-14-20)24-27(25(28)31-26(2,3)4)22(19-30-24)21-15-11-8-12-16-21/h5,7-16,22-24H,1,6,17-19H2,2-4H3/t22-,23-,24+/m0/s1. The van der Waals surface area contributed by atoms with Crippen LogP contribution in [0.15, 0.2) is 73.3 Å². The number of nitrogens with zero attached hydrogens (tertiary/aromatic N) is 1. The highest BCUT2D eigenvalue weighted by Crippen LogP contribution is 2.35. The topological polar surface area (TPSA) is 48.0 Å². The Bertz CT molecular complexity index is 831. The van der Waals surface area contributed by atoms with Crippen molar-refractivity contribution in [3.05, 3.63) is 84.4 Å². The zero-order chi connectivity index (χ0) is 22.3. The predicted molar refractivity (Wildman–Crippen MR) is 121 cm³/mol. The minimum absolute atomic E-state index is 0.229. The average molecular weight is 424 g/mol. The first kappa shape index (κ1) is 23.0. The maximum atomic E-state index is 13.3. The quantitative estimate of drug-likeness (QED) is 0.498. The third kappa shape index (κ3) is 6.42. The van der Waals surface area contributed by atoms with Crippen molar-refractivity contribution < 1.29 is 19.0 Å². The Labute approximate surface area is 185 Å². The van der Waals surface area contributed by atoms with Crippen LogP contribution in [0, 0.1) is 0 Å². The van der Waals surface area contributed by atoms with E-state index in [0.29, 0.717) is 19.6 Å². The van der Waals surface area contributed by atoms with Gasteiger partial charge in [-0.1, -0.05) is 66.7 Å². The molecule has 1 amide bonds. The first-order valence-corrected chi connectivity index (χ1v) is 10.8. The van der Waals surface area contributed by atoms with Crippen molar-refractivity contribution in [1.29, 1.82) is 0 Å². The second-order valence-electron chi connectivity index (χ2n) is 8.74. The van der Waals surface area contributed by atoms with Crippen LogP contribution in [-0.4, -0.2) is 35.5 Å². The largest absolute Gasteiger partial charge is 0.444 e. The molecule has 0 radical (unpaired) electrons. The normalized spacial score (nSPS) is 19.8. The molecule has 166 valence electrons. The molecule has 2 aromatic rings. The Balaban J connectivity index is 1.85. The molecular weight excluding hydrogens is 390 g/mol. The molecule has 0 spiro atoms. The van der Waals surface area contributed by atoms with Crippen LogP contribution >= 0.6 is 0 Å². The third-order valence-electron chi connectivity index (χ3n) is 5.10. The Morgan fingerprint density at radius 1 is 1.16 bits per heavy atom. The second kappa shape index (κ2) is 10.6. The van der Waals surface area contributed by atoms with Crippen molar-refractivity contribution in [2.45, 2.75) is 64.2 Å². The molecule has 0 unspecified atom stereocenters. The van der Waals surface area contributed by atoms with Gasteiger partial charge in [0.05, 0.1) is 19.3 Å². The molecule has 3 rings (SSSR count). The summed E-state index contributed by atoms with van der Waals surface area (Å²) in [7, 11) is 0. The van der Waals surface area contributed by atoms with E-state index in [0.717, 1.165) is 17.5 Å². The van der Waals surface area contributed by atoms with E-state index in [-0.39, 0.29) is 12.1 Å². The summed E-state index contributed by atoms with van der Waals surface area (Å²) in [4.78, 5) is 15.0. The van der Waals surface area contributed by atoms with Crippen LogP contribution in [-0.2, 0) is 20.8 Å². The van der Waals surface area contributed by atoms with E-state index in [4.69, 9.17) is 14.2 Å². The van der Waals surface area contributed by atoms with Crippen molar-refractivity contribution in [2.24, 2.45) is 0 Å². The number of ether oxygens (including phenoxy) is 3. The van der Waals surface area contributed by atoms with Gasteiger partial charge < -0.3 is 14.2 Å². The SMILES string of the molecule is C=CCC[C@H](OCc1ccccc1)[C@H]1OC[C@@H](c2ccccc2)N1C(=O)OC(C)(C)C. The molecule has 5 nitrogen and oxygen atoms in total. The fraction of sp³-hybridized carbons (Fsp3) is 0.423. The lowest BCUT2D eigenvalue weighted by Gasteiger charge is -2.34. The molecule has 1 aliphatic rings. The van der Waals surface area contributed by atoms with Gasteiger partial charge >= 0.3 is 6.09 Å². The Hall–Kier alpha value is -2.63. The molecule has 5 heteroatoms. The molecule has 0 saturated carbocycles. The molecule has 2 aromatic carbocycles. The summed E-state index contributed by atoms with van der Waals surface area (Å²) < 4.78 is 18.2. The summed E-state index contributed by atoms with van der Waals surface area (Å²) in [6.45, 7) is 10.3. The molecule has 1 heterocycles. The van der Waals surface area contributed by atoms with Crippen LogP contribution < -0.4 is 0 Å². The molecular formula is C26H33NO4. The van der Waals surface area contributed by atoms with Crippen molar-refractivity contribution in [3.63, 3.8) is 0 Å². The minimum Gasteiger partial charge on any atom is -0.444 e. The molecule has 1 aliphatic heterocycles. The number of benzene rings is 2. The van der Waals surface area contributed by atoms with Crippen molar-refractivity contribution in [1.82, 2.24) is 4.90 Å². The highest BCUT2D eigenvalue weighted by Gasteiger charge is 2.45. The fourth-order valence-corrected chi connectivity index (χ4v) is 3.66. The van der Waals surface area contributed by atoms with Crippen molar-refractivity contribution >= 4 is 6.09 Å². The number of carbonyl (C=O) groups is 1. The number of hydrogen-bond acceptors (Lipinski definition) is 4. The smallest absolute Gasteiger partial charge is 0.413 e. The maximum Gasteiger partial charge on any atom is 0.413 e. The summed E-state index contributed by atoms with van der Waals surface area (Å²) in [6.07, 6.45) is 2.08. The van der Waals surface area contributed by atoms with Gasteiger partial charge in [-0.05, 0) is 44.7 Å². The van der Waals surface area contributed by atoms with Gasteiger partial charge in [0.2, 0.25) is 0 Å². The predicted octanol–water partition coefficient (Wildman–Crippen LogP) is 5.87. The van der Waals surface area contributed by atoms with Gasteiger partial charge in [0, 0.05) is 0 Å². The molecule has 1 saturated heterocycles. The third-order valence-corrected chi connectivity index (χ3v) is 5.10. The van der Waals surface area contributed by atoms with Crippen LogP contribution in [0.4, 0.5) is 4.79 Å². The summed E-state index contributed by atoms with van der Waals surface area (Å²) in [5.74, 6) is 0. The van der Waals surface area contributed by atoms with E-state index < -0.39 is 17.9 Å². The average Bonchev–Trinajstić information content (AvgIpc) is 3.19. The zero-order valence-corrected chi connectivity index (χ0v) is 18.7. The molecule has 0 bridgehead atoms. The summed E-state index contributed by atoms with van der Waals surface area (Å²) in [6, 6.07) is 19.7. The highest BCUT2D eigenvalue weighted by atomic mass is 16.6. The van der Waals surface area contributed by atoms with Gasteiger partial charge in [-0.25, -0.2) is 4.79 Å². The first-order valence-electron chi connectivity index (χ1n) is 10.8. The summed E-state index contributed by atoms with van der Waals surface area (Å²) in [5, 5.41) is 0. The minimum atomic E-state index is -0.604. The second-order valence-corrected chi connectivity index (χ2v) is 8.74. The molecule has 1 fully saturated rings. The number of allylic oxidation sites excluding steroid dienone is 1. The number of rotatable bonds is 8. The summed E-state index contributed by atoms with van der Waals surface area (Å²) in [5.41, 5.74) is 1.49. The van der Waals surface area contributed by atoms with E-state index in [1.807, 2.05) is 87.5 Å². The van der Waals surface area contributed by atoms with E-state index in [1.165, 1.54) is 0 Å². The van der Waals surface area contributed by atoms with Gasteiger partial charge in [0.1, 0.15) is 11.7 Å². The lowest BCUT2D eigenvalue weighted by molar-refractivity contribution is -0.105. The van der Waals surface area contributed by atoms with Gasteiger partial charge in [0.15, 0.2) is 6.23 Å². The monoisotopic (exact) mass is 423 g/mol. The Morgan fingerprint density at radius 2 is 1.81 bits per heavy atom. The van der Waals surface area contributed by atoms with Gasteiger partial charge in [0.25, 0.3) is 0 Å². The maximum absolute atomic E-state index is 13.3. The zero-order valence-electron chi connectivity index (χ0n) is 18.7. The molecule has 0 aromatic heterocycles. The van der Waals surface area contributed by atoms with E-state index in [9.17, 15) is 4.79 Å². The number of carbonyl (C=O) groups excluding carboxylic acids is 1. The van der Waals surface area contributed by atoms with Crippen LogP contribution in [0.2, 0.25) is 0 Å². The van der Waals surface area contributed by atoms with E-state index in [2.05, 4.69) is 6.58 Å². The van der Waals surface area contributed by atoms with Crippen molar-refractivity contribution in [3.8, 4) is 0 Å². The molecule has 0 N–H and O–H groups in total. The molecule has 31 heavy (non-hydrogen) atoms.